The molecule has 4 N–H and O–H groups in total. The Bertz CT molecular complexity index is 861. The monoisotopic (exact) mass is 488 g/mol. The lowest BCUT2D eigenvalue weighted by molar-refractivity contribution is -0.206. The Hall–Kier alpha value is -0.740. The molecule has 0 radical (unpaired) electrons. The molecule has 9 heteroatoms. The van der Waals surface area contributed by atoms with Gasteiger partial charge in [0.05, 0.1) is 18.3 Å². The lowest BCUT2D eigenvalue weighted by Crippen LogP contribution is -2.62. The summed E-state index contributed by atoms with van der Waals surface area (Å²) in [6.45, 7) is 6.48. The van der Waals surface area contributed by atoms with Crippen LogP contribution < -0.4 is 0 Å². The molecule has 0 aromatic carbocycles. The number of rotatable bonds is 6. The van der Waals surface area contributed by atoms with E-state index in [1.54, 1.807) is 0 Å². The van der Waals surface area contributed by atoms with Gasteiger partial charge in [0, 0.05) is 6.42 Å². The van der Waals surface area contributed by atoms with Gasteiger partial charge in [0.25, 0.3) is 0 Å². The second kappa shape index (κ2) is 8.73. The van der Waals surface area contributed by atoms with E-state index in [1.807, 2.05) is 0 Å². The molecule has 0 aliphatic heterocycles. The number of aliphatic hydroxyl groups excluding tert-OH is 2. The molecule has 4 aliphatic rings. The fraction of sp³-hybridized carbons (Fsp3) is 0.958. The van der Waals surface area contributed by atoms with E-state index in [2.05, 4.69) is 20.8 Å². The number of carboxylic acids is 1. The molecule has 0 spiro atoms. The van der Waals surface area contributed by atoms with Gasteiger partial charge in [0.2, 0.25) is 0 Å². The second-order valence-corrected chi connectivity index (χ2v) is 13.0. The van der Waals surface area contributed by atoms with Crippen LogP contribution in [0.15, 0.2) is 0 Å². The molecular formula is C24H40O8S. The summed E-state index contributed by atoms with van der Waals surface area (Å²) in [6, 6.07) is 0. The lowest BCUT2D eigenvalue weighted by Gasteiger charge is -2.63. The van der Waals surface area contributed by atoms with Crippen LogP contribution in [0.1, 0.15) is 78.6 Å². The Morgan fingerprint density at radius 1 is 1.09 bits per heavy atom. The molecule has 0 aromatic rings. The number of aliphatic hydroxyl groups is 2. The van der Waals surface area contributed by atoms with Gasteiger partial charge in [-0.1, -0.05) is 20.8 Å². The molecule has 0 amide bonds. The van der Waals surface area contributed by atoms with Gasteiger partial charge in [-0.05, 0) is 97.7 Å². The third-order valence-corrected chi connectivity index (χ3v) is 11.1. The first kappa shape index (κ1) is 25.4. The number of fused-ring (bicyclic) bond motifs is 5. The van der Waals surface area contributed by atoms with Crippen molar-refractivity contribution in [2.75, 3.05) is 0 Å². The van der Waals surface area contributed by atoms with Crippen LogP contribution >= 0.6 is 0 Å². The van der Waals surface area contributed by atoms with Crippen molar-refractivity contribution in [3.8, 4) is 0 Å². The maximum Gasteiger partial charge on any atom is 0.397 e. The highest BCUT2D eigenvalue weighted by atomic mass is 32.3. The standard InChI is InChI=1S/C24H40O8S/c1-13(4-7-21(27)28)16-5-6-17-22-18(12-20(26)24(16,17)3)23(2)9-8-15(32-33(29,30)31)10-14(23)11-19(22)25/h13-20,22,25-26H,4-12H2,1-3H3,(H,27,28)(H,29,30,31)/t13-,14?,15-,16-,17?,18?,19?,20+,22?,23+,24-/m1/s1. The van der Waals surface area contributed by atoms with Crippen molar-refractivity contribution in [3.63, 3.8) is 0 Å². The summed E-state index contributed by atoms with van der Waals surface area (Å²) in [7, 11) is -4.51. The van der Waals surface area contributed by atoms with Gasteiger partial charge >= 0.3 is 16.4 Å². The first-order valence-corrected chi connectivity index (χ1v) is 13.9. The minimum atomic E-state index is -4.51. The van der Waals surface area contributed by atoms with E-state index in [9.17, 15) is 23.4 Å². The molecule has 4 saturated carbocycles. The average molecular weight is 489 g/mol. The maximum absolute atomic E-state index is 11.5. The van der Waals surface area contributed by atoms with E-state index in [1.165, 1.54) is 0 Å². The minimum Gasteiger partial charge on any atom is -0.481 e. The summed E-state index contributed by atoms with van der Waals surface area (Å²) in [5.41, 5.74) is -0.465. The van der Waals surface area contributed by atoms with Gasteiger partial charge in [-0.2, -0.15) is 8.42 Å². The number of aliphatic carboxylic acids is 1. The van der Waals surface area contributed by atoms with Gasteiger partial charge < -0.3 is 15.3 Å². The van der Waals surface area contributed by atoms with Gasteiger partial charge in [-0.15, -0.1) is 0 Å². The smallest absolute Gasteiger partial charge is 0.397 e. The molecule has 0 saturated heterocycles. The van der Waals surface area contributed by atoms with E-state index < -0.39 is 34.7 Å². The third kappa shape index (κ3) is 4.37. The molecule has 0 heterocycles. The highest BCUT2D eigenvalue weighted by Gasteiger charge is 2.65. The number of hydrogen-bond donors (Lipinski definition) is 4. The molecule has 8 nitrogen and oxygen atoms in total. The SMILES string of the molecule is C[C@H](CCC(=O)O)[C@H]1CCC2C3C(O)CC4C[C@H](OS(=O)(=O)O)CC[C@]4(C)C3C[C@H](O)[C@@]21C. The number of hydrogen-bond acceptors (Lipinski definition) is 6. The maximum atomic E-state index is 11.5. The van der Waals surface area contributed by atoms with Crippen molar-refractivity contribution in [3.05, 3.63) is 0 Å². The Balaban J connectivity index is 1.56. The van der Waals surface area contributed by atoms with Crippen LogP contribution in [0.2, 0.25) is 0 Å². The fourth-order valence-electron chi connectivity index (χ4n) is 8.93. The summed E-state index contributed by atoms with van der Waals surface area (Å²) in [4.78, 5) is 11.1. The summed E-state index contributed by atoms with van der Waals surface area (Å²) < 4.78 is 36.4. The highest BCUT2D eigenvalue weighted by molar-refractivity contribution is 7.80. The van der Waals surface area contributed by atoms with Crippen LogP contribution in [0.5, 0.6) is 0 Å². The van der Waals surface area contributed by atoms with Crippen molar-refractivity contribution in [2.24, 2.45) is 46.3 Å². The second-order valence-electron chi connectivity index (χ2n) is 11.9. The Morgan fingerprint density at radius 3 is 2.42 bits per heavy atom. The summed E-state index contributed by atoms with van der Waals surface area (Å²) in [5.74, 6) is 0.102. The van der Waals surface area contributed by atoms with Crippen molar-refractivity contribution in [2.45, 2.75) is 96.9 Å². The average Bonchev–Trinajstić information content (AvgIpc) is 3.05. The van der Waals surface area contributed by atoms with Crippen LogP contribution in [-0.4, -0.2) is 52.6 Å². The molecule has 4 rings (SSSR count). The van der Waals surface area contributed by atoms with Crippen LogP contribution in [0, 0.1) is 46.3 Å². The van der Waals surface area contributed by atoms with Gasteiger partial charge in [-0.3, -0.25) is 9.35 Å². The minimum absolute atomic E-state index is 0.0671. The lowest BCUT2D eigenvalue weighted by atomic mass is 9.43. The quantitative estimate of drug-likeness (QED) is 0.417. The van der Waals surface area contributed by atoms with Gasteiger partial charge in [0.15, 0.2) is 0 Å². The normalized spacial score (nSPS) is 48.4. The van der Waals surface area contributed by atoms with E-state index in [0.29, 0.717) is 32.1 Å². The molecule has 0 bridgehead atoms. The molecule has 0 aromatic heterocycles. The third-order valence-electron chi connectivity index (χ3n) is 10.6. The van der Waals surface area contributed by atoms with Crippen LogP contribution in [-0.2, 0) is 19.4 Å². The summed E-state index contributed by atoms with van der Waals surface area (Å²) in [6.07, 6.45) is 3.91. The predicted molar refractivity (Wildman–Crippen MR) is 120 cm³/mol. The number of carbonyl (C=O) groups is 1. The van der Waals surface area contributed by atoms with Crippen molar-refractivity contribution < 1.29 is 37.3 Å². The topological polar surface area (TPSA) is 141 Å². The van der Waals surface area contributed by atoms with Crippen LogP contribution in [0.3, 0.4) is 0 Å². The summed E-state index contributed by atoms with van der Waals surface area (Å²) >= 11 is 0. The van der Waals surface area contributed by atoms with Crippen LogP contribution in [0.25, 0.3) is 0 Å². The summed E-state index contributed by atoms with van der Waals surface area (Å²) in [5, 5.41) is 32.0. The molecule has 5 unspecified atom stereocenters. The van der Waals surface area contributed by atoms with Gasteiger partial charge in [0.1, 0.15) is 0 Å². The van der Waals surface area contributed by atoms with Crippen molar-refractivity contribution >= 4 is 16.4 Å². The van der Waals surface area contributed by atoms with Crippen LogP contribution in [0.4, 0.5) is 0 Å². The first-order chi connectivity index (χ1) is 15.3. The Kier molecular flexibility index (Phi) is 6.71. The largest absolute Gasteiger partial charge is 0.481 e. The molecule has 4 aliphatic carbocycles. The first-order valence-electron chi connectivity index (χ1n) is 12.5. The zero-order valence-corrected chi connectivity index (χ0v) is 20.7. The molecule has 4 fully saturated rings. The zero-order valence-electron chi connectivity index (χ0n) is 19.9. The highest BCUT2D eigenvalue weighted by Crippen LogP contribution is 2.68. The van der Waals surface area contributed by atoms with Crippen molar-refractivity contribution in [1.82, 2.24) is 0 Å². The molecular weight excluding hydrogens is 448 g/mol. The van der Waals surface area contributed by atoms with E-state index >= 15 is 0 Å². The van der Waals surface area contributed by atoms with E-state index in [0.717, 1.165) is 19.3 Å². The predicted octanol–water partition coefficient (Wildman–Crippen LogP) is 3.28. The van der Waals surface area contributed by atoms with E-state index in [-0.39, 0.29) is 52.8 Å². The molecule has 11 atom stereocenters. The molecule has 33 heavy (non-hydrogen) atoms. The zero-order chi connectivity index (χ0) is 24.3. The van der Waals surface area contributed by atoms with Crippen molar-refractivity contribution in [1.29, 1.82) is 0 Å². The van der Waals surface area contributed by atoms with E-state index in [4.69, 9.17) is 13.8 Å². The molecule has 190 valence electrons. The Labute approximate surface area is 197 Å². The van der Waals surface area contributed by atoms with Gasteiger partial charge in [-0.25, -0.2) is 4.18 Å². The fourth-order valence-corrected chi connectivity index (χ4v) is 9.45. The number of carboxylic acid groups (broad SMARTS) is 1. The Morgan fingerprint density at radius 2 is 1.79 bits per heavy atom.